The number of fused-ring (bicyclic) bond motifs is 1. The number of para-hydroxylation sites is 1. The number of hydrogen-bond donors (Lipinski definition) is 0. The van der Waals surface area contributed by atoms with Crippen molar-refractivity contribution in [1.82, 2.24) is 0 Å². The van der Waals surface area contributed by atoms with Gasteiger partial charge in [0.15, 0.2) is 5.76 Å². The number of benzene rings is 2. The summed E-state index contributed by atoms with van der Waals surface area (Å²) >= 11 is 0. The molecular formula is C16H13NO2. The van der Waals surface area contributed by atoms with Crippen molar-refractivity contribution in [3.8, 4) is 0 Å². The van der Waals surface area contributed by atoms with Crippen LogP contribution >= 0.6 is 0 Å². The molecular weight excluding hydrogens is 238 g/mol. The molecule has 0 saturated carbocycles. The molecule has 0 spiro atoms. The highest BCUT2D eigenvalue weighted by atomic mass is 16.5. The van der Waals surface area contributed by atoms with E-state index in [0.717, 1.165) is 11.3 Å². The Kier molecular flexibility index (Phi) is 2.80. The summed E-state index contributed by atoms with van der Waals surface area (Å²) in [5.74, 6) is 0.301. The van der Waals surface area contributed by atoms with Crippen molar-refractivity contribution >= 4 is 17.4 Å². The summed E-state index contributed by atoms with van der Waals surface area (Å²) in [6, 6.07) is 17.3. The maximum Gasteiger partial charge on any atom is 0.344 e. The Morgan fingerprint density at radius 1 is 0.947 bits per heavy atom. The Hall–Kier alpha value is -2.55. The lowest BCUT2D eigenvalue weighted by atomic mass is 10.1. The number of rotatable bonds is 2. The van der Waals surface area contributed by atoms with Gasteiger partial charge in [0.25, 0.3) is 0 Å². The van der Waals surface area contributed by atoms with Gasteiger partial charge in [-0.3, -0.25) is 0 Å². The predicted molar refractivity (Wildman–Crippen MR) is 74.7 cm³/mol. The lowest BCUT2D eigenvalue weighted by Crippen LogP contribution is -2.08. The van der Waals surface area contributed by atoms with Crippen molar-refractivity contribution in [2.75, 3.05) is 11.9 Å². The number of ether oxygens (including phenoxy) is 1. The van der Waals surface area contributed by atoms with Gasteiger partial charge in [0.1, 0.15) is 0 Å². The minimum Gasteiger partial charge on any atom is -0.421 e. The standard InChI is InChI=1S/C16H13NO2/c1-17(12-7-3-2-4-8-12)11-15-13-9-5-6-10-14(13)16(18)19-15/h2-11H,1H3/b15-11-. The fraction of sp³-hybridized carbons (Fsp3) is 0.0625. The summed E-state index contributed by atoms with van der Waals surface area (Å²) < 4.78 is 5.30. The molecule has 2 aromatic rings. The zero-order valence-corrected chi connectivity index (χ0v) is 10.5. The highest BCUT2D eigenvalue weighted by Gasteiger charge is 2.25. The van der Waals surface area contributed by atoms with Gasteiger partial charge in [-0.15, -0.1) is 0 Å². The summed E-state index contributed by atoms with van der Waals surface area (Å²) in [6.45, 7) is 0. The number of carbonyl (C=O) groups is 1. The summed E-state index contributed by atoms with van der Waals surface area (Å²) in [5.41, 5.74) is 2.50. The smallest absolute Gasteiger partial charge is 0.344 e. The van der Waals surface area contributed by atoms with E-state index in [1.54, 1.807) is 6.07 Å². The van der Waals surface area contributed by atoms with Crippen molar-refractivity contribution in [2.24, 2.45) is 0 Å². The molecule has 0 N–H and O–H groups in total. The van der Waals surface area contributed by atoms with Crippen LogP contribution in [-0.4, -0.2) is 13.0 Å². The van der Waals surface area contributed by atoms with Crippen LogP contribution in [-0.2, 0) is 4.74 Å². The Morgan fingerprint density at radius 2 is 1.58 bits per heavy atom. The molecule has 1 aliphatic heterocycles. The average molecular weight is 251 g/mol. The van der Waals surface area contributed by atoms with Crippen molar-refractivity contribution in [3.63, 3.8) is 0 Å². The third-order valence-electron chi connectivity index (χ3n) is 3.09. The monoisotopic (exact) mass is 251 g/mol. The maximum atomic E-state index is 11.7. The molecule has 0 atom stereocenters. The third kappa shape index (κ3) is 2.10. The van der Waals surface area contributed by atoms with E-state index in [0.29, 0.717) is 11.3 Å². The van der Waals surface area contributed by atoms with Crippen LogP contribution in [0.25, 0.3) is 5.76 Å². The van der Waals surface area contributed by atoms with Gasteiger partial charge in [-0.2, -0.15) is 0 Å². The first-order valence-electron chi connectivity index (χ1n) is 6.07. The van der Waals surface area contributed by atoms with Crippen LogP contribution in [0.2, 0.25) is 0 Å². The lowest BCUT2D eigenvalue weighted by Gasteiger charge is -2.14. The second kappa shape index (κ2) is 4.61. The van der Waals surface area contributed by atoms with E-state index in [4.69, 9.17) is 4.74 Å². The van der Waals surface area contributed by atoms with Crippen molar-refractivity contribution in [1.29, 1.82) is 0 Å². The molecule has 3 heteroatoms. The Morgan fingerprint density at radius 3 is 2.32 bits per heavy atom. The molecule has 0 fully saturated rings. The van der Waals surface area contributed by atoms with Crippen LogP contribution in [0.15, 0.2) is 60.8 Å². The Balaban J connectivity index is 1.96. The predicted octanol–water partition coefficient (Wildman–Crippen LogP) is 3.29. The zero-order chi connectivity index (χ0) is 13.2. The number of nitrogens with zero attached hydrogens (tertiary/aromatic N) is 1. The first-order valence-corrected chi connectivity index (χ1v) is 6.07. The topological polar surface area (TPSA) is 29.5 Å². The van der Waals surface area contributed by atoms with Gasteiger partial charge in [0, 0.05) is 24.5 Å². The first kappa shape index (κ1) is 11.5. The maximum absolute atomic E-state index is 11.7. The fourth-order valence-electron chi connectivity index (χ4n) is 2.10. The largest absolute Gasteiger partial charge is 0.421 e. The third-order valence-corrected chi connectivity index (χ3v) is 3.09. The second-order valence-electron chi connectivity index (χ2n) is 4.37. The average Bonchev–Trinajstić information content (AvgIpc) is 2.77. The number of cyclic esters (lactones) is 1. The van der Waals surface area contributed by atoms with Crippen LogP contribution in [0, 0.1) is 0 Å². The Labute approximate surface area is 111 Å². The summed E-state index contributed by atoms with van der Waals surface area (Å²) in [7, 11) is 1.93. The molecule has 0 aliphatic carbocycles. The molecule has 3 rings (SSSR count). The van der Waals surface area contributed by atoms with Crippen LogP contribution in [0.3, 0.4) is 0 Å². The molecule has 1 heterocycles. The molecule has 0 unspecified atom stereocenters. The minimum atomic E-state index is -0.289. The van der Waals surface area contributed by atoms with Crippen molar-refractivity contribution in [3.05, 3.63) is 71.9 Å². The summed E-state index contributed by atoms with van der Waals surface area (Å²) in [4.78, 5) is 13.6. The zero-order valence-electron chi connectivity index (χ0n) is 10.5. The van der Waals surface area contributed by atoms with E-state index in [9.17, 15) is 4.79 Å². The quantitative estimate of drug-likeness (QED) is 0.767. The van der Waals surface area contributed by atoms with Crippen LogP contribution in [0.1, 0.15) is 15.9 Å². The van der Waals surface area contributed by atoms with Gasteiger partial charge in [0.2, 0.25) is 0 Å². The van der Waals surface area contributed by atoms with E-state index >= 15 is 0 Å². The molecule has 0 bridgehead atoms. The van der Waals surface area contributed by atoms with Crippen LogP contribution in [0.5, 0.6) is 0 Å². The van der Waals surface area contributed by atoms with Crippen molar-refractivity contribution < 1.29 is 9.53 Å². The highest BCUT2D eigenvalue weighted by Crippen LogP contribution is 2.30. The Bertz CT molecular complexity index is 647. The molecule has 0 radical (unpaired) electrons. The van der Waals surface area contributed by atoms with E-state index in [-0.39, 0.29) is 5.97 Å². The number of hydrogen-bond acceptors (Lipinski definition) is 3. The molecule has 94 valence electrons. The highest BCUT2D eigenvalue weighted by molar-refractivity contribution is 6.03. The normalized spacial score (nSPS) is 15.2. The number of carbonyl (C=O) groups excluding carboxylic acids is 1. The van der Waals surface area contributed by atoms with Gasteiger partial charge < -0.3 is 9.64 Å². The van der Waals surface area contributed by atoms with E-state index in [1.807, 2.05) is 66.7 Å². The molecule has 2 aromatic carbocycles. The first-order chi connectivity index (χ1) is 9.25. The van der Waals surface area contributed by atoms with Crippen LogP contribution < -0.4 is 4.90 Å². The van der Waals surface area contributed by atoms with E-state index in [1.165, 1.54) is 0 Å². The lowest BCUT2D eigenvalue weighted by molar-refractivity contribution is 0.0715. The van der Waals surface area contributed by atoms with Gasteiger partial charge >= 0.3 is 5.97 Å². The van der Waals surface area contributed by atoms with Crippen molar-refractivity contribution in [2.45, 2.75) is 0 Å². The summed E-state index contributed by atoms with van der Waals surface area (Å²) in [5, 5.41) is 0. The molecule has 0 aromatic heterocycles. The molecule has 1 aliphatic rings. The molecule has 3 nitrogen and oxygen atoms in total. The molecule has 0 saturated heterocycles. The number of esters is 1. The molecule has 19 heavy (non-hydrogen) atoms. The second-order valence-corrected chi connectivity index (χ2v) is 4.37. The van der Waals surface area contributed by atoms with Gasteiger partial charge in [-0.05, 0) is 18.2 Å². The number of anilines is 1. The fourth-order valence-corrected chi connectivity index (χ4v) is 2.10. The van der Waals surface area contributed by atoms with E-state index < -0.39 is 0 Å². The van der Waals surface area contributed by atoms with E-state index in [2.05, 4.69) is 0 Å². The van der Waals surface area contributed by atoms with Gasteiger partial charge in [0.05, 0.1) is 5.56 Å². The SMILES string of the molecule is CN(/C=C1\OC(=O)c2ccccc21)c1ccccc1. The van der Waals surface area contributed by atoms with Gasteiger partial charge in [-0.25, -0.2) is 4.79 Å². The van der Waals surface area contributed by atoms with Gasteiger partial charge in [-0.1, -0.05) is 36.4 Å². The summed E-state index contributed by atoms with van der Waals surface area (Å²) in [6.07, 6.45) is 1.83. The molecule has 0 amide bonds. The minimum absolute atomic E-state index is 0.289. The van der Waals surface area contributed by atoms with Crippen LogP contribution in [0.4, 0.5) is 5.69 Å².